The van der Waals surface area contributed by atoms with Gasteiger partial charge >= 0.3 is 6.09 Å². The fourth-order valence-electron chi connectivity index (χ4n) is 2.59. The summed E-state index contributed by atoms with van der Waals surface area (Å²) in [6.45, 7) is 9.21. The number of alkyl carbamates (subject to hydrolysis) is 1. The summed E-state index contributed by atoms with van der Waals surface area (Å²) in [6.07, 6.45) is 0.209. The summed E-state index contributed by atoms with van der Waals surface area (Å²) in [5, 5.41) is 10.4. The van der Waals surface area contributed by atoms with Crippen LogP contribution in [0.5, 0.6) is 0 Å². The van der Waals surface area contributed by atoms with E-state index < -0.39 is 23.9 Å². The summed E-state index contributed by atoms with van der Waals surface area (Å²) in [5.41, 5.74) is 1.30. The van der Waals surface area contributed by atoms with Crippen LogP contribution in [0.4, 0.5) is 10.5 Å². The first kappa shape index (κ1) is 27.3. The zero-order valence-electron chi connectivity index (χ0n) is 19.3. The molecular formula is C22H34N4O5S. The maximum atomic E-state index is 12.2. The topological polar surface area (TPSA) is 126 Å². The van der Waals surface area contributed by atoms with Crippen LogP contribution in [-0.4, -0.2) is 47.7 Å². The second kappa shape index (κ2) is 12.9. The molecule has 1 rings (SSSR count). The molecule has 1 unspecified atom stereocenters. The van der Waals surface area contributed by atoms with Gasteiger partial charge < -0.3 is 26.0 Å². The number of rotatable bonds is 11. The molecule has 1 aromatic rings. The summed E-state index contributed by atoms with van der Waals surface area (Å²) >= 11 is 4.39. The molecule has 0 heterocycles. The third-order valence-electron chi connectivity index (χ3n) is 4.34. The van der Waals surface area contributed by atoms with Gasteiger partial charge in [0.1, 0.15) is 12.6 Å². The first-order valence-electron chi connectivity index (χ1n) is 10.4. The second-order valence-electron chi connectivity index (χ2n) is 8.45. The quantitative estimate of drug-likeness (QED) is 0.320. The summed E-state index contributed by atoms with van der Waals surface area (Å²) in [4.78, 5) is 47.3. The van der Waals surface area contributed by atoms with Crippen molar-refractivity contribution in [3.05, 3.63) is 29.8 Å². The van der Waals surface area contributed by atoms with Crippen molar-refractivity contribution in [2.24, 2.45) is 5.92 Å². The Morgan fingerprint density at radius 2 is 1.69 bits per heavy atom. The van der Waals surface area contributed by atoms with Gasteiger partial charge in [-0.05, 0) is 30.0 Å². The average molecular weight is 467 g/mol. The van der Waals surface area contributed by atoms with E-state index in [1.165, 1.54) is 6.92 Å². The highest BCUT2D eigenvalue weighted by Gasteiger charge is 2.23. The number of ether oxygens (including phenoxy) is 1. The zero-order valence-corrected chi connectivity index (χ0v) is 20.2. The minimum atomic E-state index is -0.707. The van der Waals surface area contributed by atoms with Gasteiger partial charge in [-0.2, -0.15) is 12.6 Å². The van der Waals surface area contributed by atoms with Crippen molar-refractivity contribution < 1.29 is 23.9 Å². The van der Waals surface area contributed by atoms with Crippen molar-refractivity contribution in [3.63, 3.8) is 0 Å². The number of nitrogens with one attached hydrogen (secondary N) is 4. The third-order valence-corrected chi connectivity index (χ3v) is 4.57. The molecule has 10 heteroatoms. The van der Waals surface area contributed by atoms with Crippen molar-refractivity contribution in [2.75, 3.05) is 18.4 Å². The van der Waals surface area contributed by atoms with Crippen LogP contribution in [0, 0.1) is 5.92 Å². The van der Waals surface area contributed by atoms with Crippen LogP contribution in [0.25, 0.3) is 0 Å². The number of thiol groups is 1. The number of amides is 4. The number of carbonyl (C=O) groups is 4. The molecular weight excluding hydrogens is 432 g/mol. The van der Waals surface area contributed by atoms with Crippen molar-refractivity contribution in [2.45, 2.75) is 58.4 Å². The van der Waals surface area contributed by atoms with Gasteiger partial charge in [-0.3, -0.25) is 14.4 Å². The van der Waals surface area contributed by atoms with Gasteiger partial charge in [0.25, 0.3) is 0 Å². The molecule has 178 valence electrons. The van der Waals surface area contributed by atoms with Crippen molar-refractivity contribution in [3.8, 4) is 0 Å². The van der Waals surface area contributed by atoms with E-state index in [2.05, 4.69) is 33.9 Å². The highest BCUT2D eigenvalue weighted by Crippen LogP contribution is 2.15. The Morgan fingerprint density at radius 1 is 1.06 bits per heavy atom. The molecule has 0 bridgehead atoms. The first-order valence-corrected chi connectivity index (χ1v) is 10.9. The Morgan fingerprint density at radius 3 is 2.22 bits per heavy atom. The van der Waals surface area contributed by atoms with E-state index in [4.69, 9.17) is 4.74 Å². The molecule has 0 aromatic heterocycles. The fraction of sp³-hybridized carbons (Fsp3) is 0.545. The Labute approximate surface area is 194 Å². The van der Waals surface area contributed by atoms with E-state index in [1.807, 2.05) is 13.8 Å². The Bertz CT molecular complexity index is 791. The van der Waals surface area contributed by atoms with E-state index in [0.29, 0.717) is 18.7 Å². The molecule has 0 radical (unpaired) electrons. The largest absolute Gasteiger partial charge is 0.445 e. The molecule has 32 heavy (non-hydrogen) atoms. The molecule has 0 fully saturated rings. The van der Waals surface area contributed by atoms with Crippen LogP contribution in [-0.2, 0) is 25.7 Å². The Balaban J connectivity index is 2.41. The van der Waals surface area contributed by atoms with E-state index >= 15 is 0 Å². The Hall–Kier alpha value is -2.75. The van der Waals surface area contributed by atoms with Crippen molar-refractivity contribution in [1.29, 1.82) is 0 Å². The summed E-state index contributed by atoms with van der Waals surface area (Å²) < 4.78 is 4.99. The smallest absolute Gasteiger partial charge is 0.407 e. The van der Waals surface area contributed by atoms with Gasteiger partial charge in [0.2, 0.25) is 17.7 Å². The number of benzene rings is 1. The fourth-order valence-corrected chi connectivity index (χ4v) is 2.70. The minimum absolute atomic E-state index is 0.0973. The van der Waals surface area contributed by atoms with Gasteiger partial charge in [-0.25, -0.2) is 4.79 Å². The highest BCUT2D eigenvalue weighted by molar-refractivity contribution is 7.81. The standard InChI is InChI=1S/C22H34N4O5S/c1-14(2)19(25-15(3)27)20(29)24-12-18(28)26-17-8-6-16(7-9-17)13-31-21(30)23-11-10-22(4,5)32/h6-9,14,19,32H,10-13H2,1-5H3,(H,23,30)(H,24,29)(H,25,27)(H,26,28). The molecule has 1 aromatic carbocycles. The molecule has 4 N–H and O–H groups in total. The monoisotopic (exact) mass is 466 g/mol. The lowest BCUT2D eigenvalue weighted by Gasteiger charge is -2.20. The number of anilines is 1. The molecule has 0 aliphatic carbocycles. The molecule has 0 saturated heterocycles. The highest BCUT2D eigenvalue weighted by atomic mass is 32.1. The molecule has 0 aliphatic heterocycles. The SMILES string of the molecule is CC(=O)NC(C(=O)NCC(=O)Nc1ccc(COC(=O)NCCC(C)(C)S)cc1)C(C)C. The molecule has 9 nitrogen and oxygen atoms in total. The lowest BCUT2D eigenvalue weighted by Crippen LogP contribution is -2.50. The molecule has 4 amide bonds. The maximum Gasteiger partial charge on any atom is 0.407 e. The van der Waals surface area contributed by atoms with Gasteiger partial charge in [0.05, 0.1) is 6.54 Å². The predicted octanol–water partition coefficient (Wildman–Crippen LogP) is 2.23. The normalized spacial score (nSPS) is 12.0. The molecule has 0 saturated carbocycles. The number of hydrogen-bond acceptors (Lipinski definition) is 6. The Kier molecular flexibility index (Phi) is 11.0. The molecule has 0 aliphatic rings. The summed E-state index contributed by atoms with van der Waals surface area (Å²) in [5.74, 6) is -1.26. The van der Waals surface area contributed by atoms with E-state index in [0.717, 1.165) is 5.56 Å². The summed E-state index contributed by atoms with van der Waals surface area (Å²) in [6, 6.07) is 6.09. The van der Waals surface area contributed by atoms with E-state index in [9.17, 15) is 19.2 Å². The van der Waals surface area contributed by atoms with E-state index in [-0.39, 0.29) is 29.7 Å². The van der Waals surface area contributed by atoms with Crippen LogP contribution in [0.1, 0.15) is 46.6 Å². The lowest BCUT2D eigenvalue weighted by atomic mass is 10.0. The van der Waals surface area contributed by atoms with E-state index in [1.54, 1.807) is 38.1 Å². The minimum Gasteiger partial charge on any atom is -0.445 e. The van der Waals surface area contributed by atoms with Gasteiger partial charge in [-0.15, -0.1) is 0 Å². The maximum absolute atomic E-state index is 12.2. The second-order valence-corrected chi connectivity index (χ2v) is 9.66. The summed E-state index contributed by atoms with van der Waals surface area (Å²) in [7, 11) is 0. The third kappa shape index (κ3) is 11.6. The van der Waals surface area contributed by atoms with Crippen LogP contribution in [0.3, 0.4) is 0 Å². The van der Waals surface area contributed by atoms with Crippen molar-refractivity contribution in [1.82, 2.24) is 16.0 Å². The van der Waals surface area contributed by atoms with Crippen molar-refractivity contribution >= 4 is 42.1 Å². The first-order chi connectivity index (χ1) is 14.9. The zero-order chi connectivity index (χ0) is 24.3. The molecule has 1 atom stereocenters. The van der Waals surface area contributed by atoms with Gasteiger partial charge in [0, 0.05) is 23.9 Å². The van der Waals surface area contributed by atoms with Gasteiger partial charge in [-0.1, -0.05) is 39.8 Å². The molecule has 0 spiro atoms. The number of carbonyl (C=O) groups excluding carboxylic acids is 4. The van der Waals surface area contributed by atoms with Crippen LogP contribution in [0.2, 0.25) is 0 Å². The predicted molar refractivity (Wildman–Crippen MR) is 126 cm³/mol. The van der Waals surface area contributed by atoms with Crippen LogP contribution >= 0.6 is 12.6 Å². The lowest BCUT2D eigenvalue weighted by molar-refractivity contribution is -0.130. The van der Waals surface area contributed by atoms with Crippen LogP contribution in [0.15, 0.2) is 24.3 Å². The van der Waals surface area contributed by atoms with Gasteiger partial charge in [0.15, 0.2) is 0 Å². The average Bonchev–Trinajstić information content (AvgIpc) is 2.68. The van der Waals surface area contributed by atoms with Crippen LogP contribution < -0.4 is 21.3 Å². The number of hydrogen-bond donors (Lipinski definition) is 5.